The third-order valence-electron chi connectivity index (χ3n) is 3.55. The smallest absolute Gasteiger partial charge is 0.208 e. The van der Waals surface area contributed by atoms with Crippen LogP contribution in [-0.2, 0) is 0 Å². The molecule has 0 spiro atoms. The summed E-state index contributed by atoms with van der Waals surface area (Å²) in [5.74, 6) is 0.871. The van der Waals surface area contributed by atoms with Crippen molar-refractivity contribution in [1.82, 2.24) is 9.97 Å². The van der Waals surface area contributed by atoms with Gasteiger partial charge in [0.2, 0.25) is 5.95 Å². The number of benzene rings is 2. The van der Waals surface area contributed by atoms with Crippen molar-refractivity contribution in [3.63, 3.8) is 0 Å². The molecular weight excluding hydrogens is 260 g/mol. The monoisotopic (exact) mass is 280 g/mol. The van der Waals surface area contributed by atoms with E-state index < -0.39 is 0 Å². The van der Waals surface area contributed by atoms with Crippen LogP contribution in [0.15, 0.2) is 48.5 Å². The number of H-pyrrole nitrogens is 1. The van der Waals surface area contributed by atoms with E-state index in [9.17, 15) is 0 Å². The second-order valence-corrected chi connectivity index (χ2v) is 5.18. The molecule has 0 aliphatic heterocycles. The molecule has 21 heavy (non-hydrogen) atoms. The molecule has 4 nitrogen and oxygen atoms in total. The maximum Gasteiger partial charge on any atom is 0.208 e. The lowest BCUT2D eigenvalue weighted by molar-refractivity contribution is 0.775. The predicted octanol–water partition coefficient (Wildman–Crippen LogP) is 4.08. The summed E-state index contributed by atoms with van der Waals surface area (Å²) in [6.45, 7) is 3.14. The van der Waals surface area contributed by atoms with Gasteiger partial charge in [-0.05, 0) is 36.8 Å². The molecule has 108 valence electrons. The summed E-state index contributed by atoms with van der Waals surface area (Å²) in [5, 5.41) is 0. The van der Waals surface area contributed by atoms with Gasteiger partial charge < -0.3 is 15.6 Å². The van der Waals surface area contributed by atoms with Gasteiger partial charge in [-0.2, -0.15) is 0 Å². The zero-order valence-electron chi connectivity index (χ0n) is 12.2. The second-order valence-electron chi connectivity index (χ2n) is 5.18. The lowest BCUT2D eigenvalue weighted by Crippen LogP contribution is -2.19. The summed E-state index contributed by atoms with van der Waals surface area (Å²) in [5.41, 5.74) is 9.65. The van der Waals surface area contributed by atoms with E-state index in [1.54, 1.807) is 0 Å². The van der Waals surface area contributed by atoms with Crippen molar-refractivity contribution in [1.29, 1.82) is 0 Å². The number of aromatic amines is 1. The first-order valence-electron chi connectivity index (χ1n) is 7.36. The molecule has 0 bridgehead atoms. The zero-order chi connectivity index (χ0) is 14.7. The van der Waals surface area contributed by atoms with Crippen LogP contribution in [0.25, 0.3) is 11.0 Å². The van der Waals surface area contributed by atoms with Crippen molar-refractivity contribution < 1.29 is 0 Å². The standard InChI is InChI=1S/C17H20N4/c1-2-3-11-21(14-7-5-4-6-8-14)17-19-15-10-9-13(18)12-16(15)20-17/h4-10,12H,2-3,11,18H2,1H3,(H,19,20). The lowest BCUT2D eigenvalue weighted by Gasteiger charge is -2.21. The molecular formula is C17H20N4. The largest absolute Gasteiger partial charge is 0.399 e. The average Bonchev–Trinajstić information content (AvgIpc) is 2.91. The summed E-state index contributed by atoms with van der Waals surface area (Å²) in [6.07, 6.45) is 2.27. The van der Waals surface area contributed by atoms with E-state index in [4.69, 9.17) is 10.7 Å². The van der Waals surface area contributed by atoms with Crippen LogP contribution in [0.1, 0.15) is 19.8 Å². The zero-order valence-corrected chi connectivity index (χ0v) is 12.2. The Balaban J connectivity index is 2.01. The van der Waals surface area contributed by atoms with Gasteiger partial charge in [-0.1, -0.05) is 31.5 Å². The number of unbranched alkanes of at least 4 members (excludes halogenated alkanes) is 1. The van der Waals surface area contributed by atoms with E-state index in [2.05, 4.69) is 41.1 Å². The molecule has 1 aromatic heterocycles. The Kier molecular flexibility index (Phi) is 3.77. The van der Waals surface area contributed by atoms with Gasteiger partial charge in [0.25, 0.3) is 0 Å². The molecule has 3 rings (SSSR count). The van der Waals surface area contributed by atoms with Crippen LogP contribution in [0.4, 0.5) is 17.3 Å². The fourth-order valence-electron chi connectivity index (χ4n) is 2.42. The van der Waals surface area contributed by atoms with Crippen molar-refractivity contribution in [3.05, 3.63) is 48.5 Å². The Bertz CT molecular complexity index is 718. The van der Waals surface area contributed by atoms with Crippen LogP contribution >= 0.6 is 0 Å². The summed E-state index contributed by atoms with van der Waals surface area (Å²) in [7, 11) is 0. The minimum atomic E-state index is 0.748. The van der Waals surface area contributed by atoms with Crippen molar-refractivity contribution in [2.45, 2.75) is 19.8 Å². The van der Waals surface area contributed by atoms with E-state index >= 15 is 0 Å². The van der Waals surface area contributed by atoms with E-state index in [-0.39, 0.29) is 0 Å². The Labute approximate surface area is 124 Å². The number of fused-ring (bicyclic) bond motifs is 1. The summed E-state index contributed by atoms with van der Waals surface area (Å²) in [4.78, 5) is 10.3. The van der Waals surface area contributed by atoms with Crippen LogP contribution in [-0.4, -0.2) is 16.5 Å². The number of rotatable bonds is 5. The molecule has 0 atom stereocenters. The van der Waals surface area contributed by atoms with E-state index in [0.29, 0.717) is 0 Å². The fraction of sp³-hybridized carbons (Fsp3) is 0.235. The second kappa shape index (κ2) is 5.87. The minimum absolute atomic E-state index is 0.748. The molecule has 0 unspecified atom stereocenters. The maximum atomic E-state index is 5.84. The molecule has 1 heterocycles. The number of para-hydroxylation sites is 1. The normalized spacial score (nSPS) is 10.9. The van der Waals surface area contributed by atoms with E-state index in [0.717, 1.165) is 47.7 Å². The first-order chi connectivity index (χ1) is 10.3. The lowest BCUT2D eigenvalue weighted by atomic mass is 10.2. The number of aromatic nitrogens is 2. The number of nitrogens with zero attached hydrogens (tertiary/aromatic N) is 2. The Hall–Kier alpha value is -2.49. The van der Waals surface area contributed by atoms with Gasteiger partial charge in [-0.15, -0.1) is 0 Å². The highest BCUT2D eigenvalue weighted by atomic mass is 15.3. The molecule has 3 aromatic rings. The molecule has 2 aromatic carbocycles. The van der Waals surface area contributed by atoms with Crippen LogP contribution in [0.3, 0.4) is 0 Å². The number of imidazole rings is 1. The molecule has 3 N–H and O–H groups in total. The highest BCUT2D eigenvalue weighted by Crippen LogP contribution is 2.26. The number of nitrogens with one attached hydrogen (secondary N) is 1. The number of nitrogens with two attached hydrogens (primary N) is 1. The highest BCUT2D eigenvalue weighted by molar-refractivity contribution is 5.81. The number of hydrogen-bond donors (Lipinski definition) is 2. The molecule has 0 fully saturated rings. The van der Waals surface area contributed by atoms with Gasteiger partial charge in [-0.25, -0.2) is 4.98 Å². The minimum Gasteiger partial charge on any atom is -0.399 e. The Morgan fingerprint density at radius 3 is 2.71 bits per heavy atom. The van der Waals surface area contributed by atoms with Crippen LogP contribution < -0.4 is 10.6 Å². The van der Waals surface area contributed by atoms with Gasteiger partial charge >= 0.3 is 0 Å². The SMILES string of the molecule is CCCCN(c1ccccc1)c1nc2ccc(N)cc2[nH]1. The molecule has 0 radical (unpaired) electrons. The van der Waals surface area contributed by atoms with Gasteiger partial charge in [0.1, 0.15) is 0 Å². The first kappa shape index (κ1) is 13.5. The van der Waals surface area contributed by atoms with Gasteiger partial charge in [0.15, 0.2) is 0 Å². The predicted molar refractivity (Wildman–Crippen MR) is 88.9 cm³/mol. The number of anilines is 3. The third kappa shape index (κ3) is 2.84. The average molecular weight is 280 g/mol. The Morgan fingerprint density at radius 1 is 1.14 bits per heavy atom. The fourth-order valence-corrected chi connectivity index (χ4v) is 2.42. The summed E-state index contributed by atoms with van der Waals surface area (Å²) < 4.78 is 0. The Morgan fingerprint density at radius 2 is 1.95 bits per heavy atom. The summed E-state index contributed by atoms with van der Waals surface area (Å²) >= 11 is 0. The van der Waals surface area contributed by atoms with E-state index in [1.165, 1.54) is 0 Å². The first-order valence-corrected chi connectivity index (χ1v) is 7.36. The quantitative estimate of drug-likeness (QED) is 0.692. The third-order valence-corrected chi connectivity index (χ3v) is 3.55. The molecule has 0 saturated carbocycles. The molecule has 0 aliphatic rings. The maximum absolute atomic E-state index is 5.84. The topological polar surface area (TPSA) is 57.9 Å². The van der Waals surface area contributed by atoms with Crippen molar-refractivity contribution in [3.8, 4) is 0 Å². The van der Waals surface area contributed by atoms with Gasteiger partial charge in [0, 0.05) is 17.9 Å². The molecule has 0 saturated heterocycles. The van der Waals surface area contributed by atoms with Crippen molar-refractivity contribution in [2.24, 2.45) is 0 Å². The highest BCUT2D eigenvalue weighted by Gasteiger charge is 2.13. The van der Waals surface area contributed by atoms with Crippen LogP contribution in [0.5, 0.6) is 0 Å². The molecule has 0 aliphatic carbocycles. The van der Waals surface area contributed by atoms with Gasteiger partial charge in [-0.3, -0.25) is 0 Å². The van der Waals surface area contributed by atoms with Crippen LogP contribution in [0, 0.1) is 0 Å². The van der Waals surface area contributed by atoms with Gasteiger partial charge in [0.05, 0.1) is 11.0 Å². The molecule has 0 amide bonds. The number of nitrogen functional groups attached to an aromatic ring is 1. The van der Waals surface area contributed by atoms with E-state index in [1.807, 2.05) is 24.3 Å². The number of hydrogen-bond acceptors (Lipinski definition) is 3. The van der Waals surface area contributed by atoms with Crippen molar-refractivity contribution >= 4 is 28.4 Å². The van der Waals surface area contributed by atoms with Crippen LogP contribution in [0.2, 0.25) is 0 Å². The summed E-state index contributed by atoms with van der Waals surface area (Å²) in [6, 6.07) is 16.1. The molecule has 4 heteroatoms. The van der Waals surface area contributed by atoms with Crippen molar-refractivity contribution in [2.75, 3.05) is 17.2 Å².